The third-order valence-electron chi connectivity index (χ3n) is 3.75. The van der Waals surface area contributed by atoms with Crippen LogP contribution >= 0.6 is 11.8 Å². The summed E-state index contributed by atoms with van der Waals surface area (Å²) in [6, 6.07) is 5.49. The first-order valence-electron chi connectivity index (χ1n) is 7.64. The SMILES string of the molecule is CC1(C)NC(=O)N(CCSc2ccc3c(c2)OCCCO3)C1=O. The minimum absolute atomic E-state index is 0.179. The monoisotopic (exact) mass is 336 g/mol. The van der Waals surface area contributed by atoms with E-state index in [1.165, 1.54) is 4.90 Å². The molecule has 6 nitrogen and oxygen atoms in total. The summed E-state index contributed by atoms with van der Waals surface area (Å²) in [5, 5.41) is 2.68. The van der Waals surface area contributed by atoms with Crippen LogP contribution in [0.25, 0.3) is 0 Å². The van der Waals surface area contributed by atoms with E-state index in [2.05, 4.69) is 5.32 Å². The summed E-state index contributed by atoms with van der Waals surface area (Å²) in [7, 11) is 0. The fraction of sp³-hybridized carbons (Fsp3) is 0.500. The molecule has 124 valence electrons. The summed E-state index contributed by atoms with van der Waals surface area (Å²) in [5.41, 5.74) is -0.809. The number of carbonyl (C=O) groups excluding carboxylic acids is 2. The number of carbonyl (C=O) groups is 2. The van der Waals surface area contributed by atoms with Crippen molar-refractivity contribution in [2.75, 3.05) is 25.5 Å². The van der Waals surface area contributed by atoms with E-state index in [1.807, 2.05) is 18.2 Å². The lowest BCUT2D eigenvalue weighted by Crippen LogP contribution is -2.40. The topological polar surface area (TPSA) is 67.9 Å². The van der Waals surface area contributed by atoms with E-state index in [4.69, 9.17) is 9.47 Å². The summed E-state index contributed by atoms with van der Waals surface area (Å²) in [4.78, 5) is 26.2. The lowest BCUT2D eigenvalue weighted by Gasteiger charge is -2.15. The molecule has 1 aromatic carbocycles. The number of nitrogens with one attached hydrogen (secondary N) is 1. The van der Waals surface area contributed by atoms with Gasteiger partial charge in [-0.2, -0.15) is 0 Å². The van der Waals surface area contributed by atoms with Gasteiger partial charge in [-0.1, -0.05) is 0 Å². The molecule has 1 fully saturated rings. The molecular formula is C16H20N2O4S. The summed E-state index contributed by atoms with van der Waals surface area (Å²) >= 11 is 1.58. The summed E-state index contributed by atoms with van der Waals surface area (Å²) < 4.78 is 11.3. The Morgan fingerprint density at radius 3 is 2.65 bits per heavy atom. The van der Waals surface area contributed by atoms with Crippen LogP contribution in [0.3, 0.4) is 0 Å². The lowest BCUT2D eigenvalue weighted by atomic mass is 10.1. The van der Waals surface area contributed by atoms with Gasteiger partial charge in [-0.3, -0.25) is 9.69 Å². The van der Waals surface area contributed by atoms with E-state index in [-0.39, 0.29) is 11.9 Å². The second kappa shape index (κ2) is 6.31. The zero-order valence-corrected chi connectivity index (χ0v) is 14.1. The Kier molecular flexibility index (Phi) is 4.39. The number of thioether (sulfide) groups is 1. The first-order chi connectivity index (χ1) is 11.0. The highest BCUT2D eigenvalue weighted by Gasteiger charge is 2.43. The van der Waals surface area contributed by atoms with Gasteiger partial charge in [0.05, 0.1) is 13.2 Å². The molecule has 7 heteroatoms. The van der Waals surface area contributed by atoms with Gasteiger partial charge in [0.25, 0.3) is 5.91 Å². The zero-order chi connectivity index (χ0) is 16.4. The molecule has 3 rings (SSSR count). The van der Waals surface area contributed by atoms with Crippen LogP contribution < -0.4 is 14.8 Å². The maximum absolute atomic E-state index is 12.1. The number of fused-ring (bicyclic) bond motifs is 1. The molecule has 2 heterocycles. The first-order valence-corrected chi connectivity index (χ1v) is 8.62. The number of rotatable bonds is 4. The predicted octanol–water partition coefficient (Wildman–Crippen LogP) is 2.27. The number of amides is 3. The highest BCUT2D eigenvalue weighted by Crippen LogP contribution is 2.34. The molecule has 0 aliphatic carbocycles. The van der Waals surface area contributed by atoms with Crippen molar-refractivity contribution in [1.29, 1.82) is 0 Å². The maximum Gasteiger partial charge on any atom is 0.325 e. The van der Waals surface area contributed by atoms with Gasteiger partial charge in [0.15, 0.2) is 11.5 Å². The van der Waals surface area contributed by atoms with Gasteiger partial charge in [0, 0.05) is 23.6 Å². The van der Waals surface area contributed by atoms with Crippen LogP contribution in [0.4, 0.5) is 4.79 Å². The maximum atomic E-state index is 12.1. The molecule has 3 amide bonds. The van der Waals surface area contributed by atoms with Crippen LogP contribution in [-0.4, -0.2) is 47.9 Å². The third-order valence-corrected chi connectivity index (χ3v) is 4.72. The number of urea groups is 1. The Morgan fingerprint density at radius 1 is 1.22 bits per heavy atom. The molecule has 1 saturated heterocycles. The number of hydrogen-bond donors (Lipinski definition) is 1. The van der Waals surface area contributed by atoms with Crippen molar-refractivity contribution in [2.24, 2.45) is 0 Å². The van der Waals surface area contributed by atoms with Gasteiger partial charge in [-0.25, -0.2) is 4.79 Å². The Bertz CT molecular complexity index is 633. The largest absolute Gasteiger partial charge is 0.490 e. The molecule has 2 aliphatic heterocycles. The molecule has 0 atom stereocenters. The van der Waals surface area contributed by atoms with Gasteiger partial charge in [0.1, 0.15) is 5.54 Å². The molecule has 0 radical (unpaired) electrons. The van der Waals surface area contributed by atoms with Gasteiger partial charge in [-0.15, -0.1) is 11.8 Å². The molecule has 0 bridgehead atoms. The van der Waals surface area contributed by atoms with Crippen molar-refractivity contribution in [3.63, 3.8) is 0 Å². The van der Waals surface area contributed by atoms with E-state index < -0.39 is 5.54 Å². The zero-order valence-electron chi connectivity index (χ0n) is 13.3. The fourth-order valence-corrected chi connectivity index (χ4v) is 3.37. The summed E-state index contributed by atoms with van der Waals surface area (Å²) in [6.45, 7) is 5.13. The number of hydrogen-bond acceptors (Lipinski definition) is 5. The van der Waals surface area contributed by atoms with E-state index in [0.29, 0.717) is 25.5 Å². The van der Waals surface area contributed by atoms with Crippen LogP contribution in [-0.2, 0) is 4.79 Å². The van der Waals surface area contributed by atoms with Crippen molar-refractivity contribution >= 4 is 23.7 Å². The Morgan fingerprint density at radius 2 is 1.96 bits per heavy atom. The van der Waals surface area contributed by atoms with Crippen molar-refractivity contribution in [1.82, 2.24) is 10.2 Å². The molecule has 0 unspecified atom stereocenters. The van der Waals surface area contributed by atoms with Crippen molar-refractivity contribution in [3.05, 3.63) is 18.2 Å². The summed E-state index contributed by atoms with van der Waals surface area (Å²) in [6.07, 6.45) is 0.874. The second-order valence-corrected chi connectivity index (χ2v) is 7.19. The normalized spacial score (nSPS) is 19.5. The van der Waals surface area contributed by atoms with E-state index in [0.717, 1.165) is 22.8 Å². The van der Waals surface area contributed by atoms with E-state index in [1.54, 1.807) is 25.6 Å². The second-order valence-electron chi connectivity index (χ2n) is 6.02. The molecule has 1 aromatic rings. The van der Waals surface area contributed by atoms with Gasteiger partial charge < -0.3 is 14.8 Å². The van der Waals surface area contributed by atoms with Crippen LogP contribution in [0.5, 0.6) is 11.5 Å². The molecule has 23 heavy (non-hydrogen) atoms. The van der Waals surface area contributed by atoms with Crippen molar-refractivity contribution in [3.8, 4) is 11.5 Å². The third kappa shape index (κ3) is 3.39. The minimum Gasteiger partial charge on any atom is -0.490 e. The number of ether oxygens (including phenoxy) is 2. The average Bonchev–Trinajstić information content (AvgIpc) is 2.69. The minimum atomic E-state index is -0.809. The van der Waals surface area contributed by atoms with E-state index >= 15 is 0 Å². The smallest absolute Gasteiger partial charge is 0.325 e. The van der Waals surface area contributed by atoms with Crippen LogP contribution in [0.1, 0.15) is 20.3 Å². The van der Waals surface area contributed by atoms with Gasteiger partial charge >= 0.3 is 6.03 Å². The van der Waals surface area contributed by atoms with Crippen LogP contribution in [0.15, 0.2) is 23.1 Å². The van der Waals surface area contributed by atoms with Gasteiger partial charge in [0.2, 0.25) is 0 Å². The molecule has 0 aromatic heterocycles. The quantitative estimate of drug-likeness (QED) is 0.675. The molecule has 1 N–H and O–H groups in total. The standard InChI is InChI=1S/C16H20N2O4S/c1-16(2)14(19)18(15(20)17-16)6-9-23-11-4-5-12-13(10-11)22-8-3-7-21-12/h4-5,10H,3,6-9H2,1-2H3,(H,17,20). The predicted molar refractivity (Wildman–Crippen MR) is 87.1 cm³/mol. The van der Waals surface area contributed by atoms with Crippen molar-refractivity contribution in [2.45, 2.75) is 30.7 Å². The average molecular weight is 336 g/mol. The Balaban J connectivity index is 1.58. The Labute approximate surface area is 139 Å². The molecule has 2 aliphatic rings. The van der Waals surface area contributed by atoms with Crippen LogP contribution in [0, 0.1) is 0 Å². The molecular weight excluding hydrogens is 316 g/mol. The first kappa shape index (κ1) is 16.0. The molecule has 0 saturated carbocycles. The summed E-state index contributed by atoms with van der Waals surface area (Å²) in [5.74, 6) is 1.97. The van der Waals surface area contributed by atoms with Crippen LogP contribution in [0.2, 0.25) is 0 Å². The molecule has 0 spiro atoms. The van der Waals surface area contributed by atoms with Crippen molar-refractivity contribution < 1.29 is 19.1 Å². The highest BCUT2D eigenvalue weighted by atomic mass is 32.2. The number of benzene rings is 1. The highest BCUT2D eigenvalue weighted by molar-refractivity contribution is 7.99. The number of nitrogens with zero attached hydrogens (tertiary/aromatic N) is 1. The van der Waals surface area contributed by atoms with E-state index in [9.17, 15) is 9.59 Å². The fourth-order valence-electron chi connectivity index (χ4n) is 2.51. The Hall–Kier alpha value is -1.89. The lowest BCUT2D eigenvalue weighted by molar-refractivity contribution is -0.130. The number of imide groups is 1. The van der Waals surface area contributed by atoms with Gasteiger partial charge in [-0.05, 0) is 32.0 Å².